The number of nitrogens with one attached hydrogen (secondary N) is 1. The van der Waals surface area contributed by atoms with E-state index < -0.39 is 0 Å². The fraction of sp³-hybridized carbons (Fsp3) is 0.625. The number of amides is 1. The average molecular weight is 290 g/mol. The number of hydrogen-bond acceptors (Lipinski definition) is 4. The van der Waals surface area contributed by atoms with Crippen molar-refractivity contribution in [2.24, 2.45) is 0 Å². The fourth-order valence-corrected chi connectivity index (χ4v) is 2.82. The first-order valence-electron chi connectivity index (χ1n) is 7.77. The molecule has 1 saturated heterocycles. The Kier molecular flexibility index (Phi) is 5.56. The van der Waals surface area contributed by atoms with Crippen LogP contribution in [0.4, 0.5) is 5.82 Å². The van der Waals surface area contributed by atoms with E-state index in [1.807, 2.05) is 25.1 Å². The Balaban J connectivity index is 1.93. The smallest absolute Gasteiger partial charge is 0.251 e. The number of hydrogen-bond donors (Lipinski definition) is 1. The first-order valence-corrected chi connectivity index (χ1v) is 7.77. The molecule has 116 valence electrons. The summed E-state index contributed by atoms with van der Waals surface area (Å²) in [7, 11) is 3.84. The normalized spacial score (nSPS) is 19.3. The first kappa shape index (κ1) is 15.8. The van der Waals surface area contributed by atoms with Gasteiger partial charge in [-0.15, -0.1) is 0 Å². The zero-order valence-electron chi connectivity index (χ0n) is 13.3. The number of aromatic nitrogens is 1. The van der Waals surface area contributed by atoms with Gasteiger partial charge >= 0.3 is 0 Å². The SMILES string of the molecule is CCN1CCCCC1CNC(=O)c1ccnc(N(C)C)c1. The number of nitrogens with zero attached hydrogens (tertiary/aromatic N) is 3. The van der Waals surface area contributed by atoms with E-state index in [4.69, 9.17) is 0 Å². The zero-order valence-corrected chi connectivity index (χ0v) is 13.3. The lowest BCUT2D eigenvalue weighted by Gasteiger charge is -2.34. The van der Waals surface area contributed by atoms with E-state index >= 15 is 0 Å². The molecule has 1 amide bonds. The number of carbonyl (C=O) groups excluding carboxylic acids is 1. The molecule has 1 N–H and O–H groups in total. The third kappa shape index (κ3) is 4.17. The van der Waals surface area contributed by atoms with Gasteiger partial charge in [0.15, 0.2) is 0 Å². The number of likely N-dealkylation sites (N-methyl/N-ethyl adjacent to an activating group) is 1. The molecule has 1 unspecified atom stereocenters. The van der Waals surface area contributed by atoms with Crippen LogP contribution < -0.4 is 10.2 Å². The minimum Gasteiger partial charge on any atom is -0.363 e. The van der Waals surface area contributed by atoms with Gasteiger partial charge in [-0.3, -0.25) is 9.69 Å². The van der Waals surface area contributed by atoms with Crippen LogP contribution in [0.1, 0.15) is 36.5 Å². The molecule has 0 spiro atoms. The van der Waals surface area contributed by atoms with Gasteiger partial charge in [-0.05, 0) is 38.1 Å². The molecule has 1 fully saturated rings. The van der Waals surface area contributed by atoms with Crippen LogP contribution in [0.25, 0.3) is 0 Å². The molecule has 0 saturated carbocycles. The molecule has 2 rings (SSSR count). The predicted octanol–water partition coefficient (Wildman–Crippen LogP) is 1.75. The summed E-state index contributed by atoms with van der Waals surface area (Å²) in [6, 6.07) is 4.07. The van der Waals surface area contributed by atoms with Gasteiger partial charge in [-0.25, -0.2) is 4.98 Å². The van der Waals surface area contributed by atoms with E-state index in [0.717, 1.165) is 25.5 Å². The van der Waals surface area contributed by atoms with Crippen LogP contribution in [0.3, 0.4) is 0 Å². The first-order chi connectivity index (χ1) is 10.1. The molecule has 1 aliphatic rings. The second-order valence-corrected chi connectivity index (χ2v) is 5.79. The quantitative estimate of drug-likeness (QED) is 0.897. The van der Waals surface area contributed by atoms with Crippen LogP contribution >= 0.6 is 0 Å². The molecule has 0 aliphatic carbocycles. The van der Waals surface area contributed by atoms with Gasteiger partial charge in [0.05, 0.1) is 0 Å². The van der Waals surface area contributed by atoms with Gasteiger partial charge in [0.2, 0.25) is 0 Å². The number of pyridine rings is 1. The molecule has 1 aromatic heterocycles. The summed E-state index contributed by atoms with van der Waals surface area (Å²) in [6.07, 6.45) is 5.39. The molecule has 0 bridgehead atoms. The van der Waals surface area contributed by atoms with E-state index in [-0.39, 0.29) is 5.91 Å². The Labute approximate surface area is 127 Å². The minimum atomic E-state index is -0.0119. The van der Waals surface area contributed by atoms with Crippen molar-refractivity contribution in [1.82, 2.24) is 15.2 Å². The molecule has 21 heavy (non-hydrogen) atoms. The molecule has 2 heterocycles. The Morgan fingerprint density at radius 3 is 3.00 bits per heavy atom. The van der Waals surface area contributed by atoms with Gasteiger partial charge < -0.3 is 10.2 Å². The largest absolute Gasteiger partial charge is 0.363 e. The highest BCUT2D eigenvalue weighted by atomic mass is 16.1. The van der Waals surface area contributed by atoms with Gasteiger partial charge in [0.1, 0.15) is 5.82 Å². The number of piperidine rings is 1. The highest BCUT2D eigenvalue weighted by Gasteiger charge is 2.21. The monoisotopic (exact) mass is 290 g/mol. The van der Waals surface area contributed by atoms with E-state index in [1.54, 1.807) is 12.3 Å². The number of anilines is 1. The van der Waals surface area contributed by atoms with Crippen LogP contribution in [-0.4, -0.2) is 55.6 Å². The van der Waals surface area contributed by atoms with E-state index in [1.165, 1.54) is 19.3 Å². The number of likely N-dealkylation sites (tertiary alicyclic amines) is 1. The summed E-state index contributed by atoms with van der Waals surface area (Å²) >= 11 is 0. The lowest BCUT2D eigenvalue weighted by Crippen LogP contribution is -2.46. The van der Waals surface area contributed by atoms with Crippen molar-refractivity contribution in [2.75, 3.05) is 38.6 Å². The summed E-state index contributed by atoms with van der Waals surface area (Å²) < 4.78 is 0. The van der Waals surface area contributed by atoms with E-state index in [0.29, 0.717) is 11.6 Å². The van der Waals surface area contributed by atoms with Gasteiger partial charge in [-0.2, -0.15) is 0 Å². The second-order valence-electron chi connectivity index (χ2n) is 5.79. The Hall–Kier alpha value is -1.62. The van der Waals surface area contributed by atoms with Crippen LogP contribution in [0, 0.1) is 0 Å². The van der Waals surface area contributed by atoms with Crippen molar-refractivity contribution in [3.63, 3.8) is 0 Å². The number of carbonyl (C=O) groups is 1. The summed E-state index contributed by atoms with van der Waals surface area (Å²) in [4.78, 5) is 20.9. The second kappa shape index (κ2) is 7.41. The maximum atomic E-state index is 12.3. The van der Waals surface area contributed by atoms with E-state index in [2.05, 4.69) is 22.1 Å². The summed E-state index contributed by atoms with van der Waals surface area (Å²) in [6.45, 7) is 5.12. The van der Waals surface area contributed by atoms with Crippen molar-refractivity contribution < 1.29 is 4.79 Å². The third-order valence-corrected chi connectivity index (χ3v) is 4.12. The molecule has 1 aliphatic heterocycles. The molecular weight excluding hydrogens is 264 g/mol. The summed E-state index contributed by atoms with van der Waals surface area (Å²) in [5.74, 6) is 0.789. The molecule has 5 nitrogen and oxygen atoms in total. The standard InChI is InChI=1S/C16H26N4O/c1-4-20-10-6-5-7-14(20)12-18-16(21)13-8-9-17-15(11-13)19(2)3/h8-9,11,14H,4-7,10,12H2,1-3H3,(H,18,21). The van der Waals surface area contributed by atoms with Crippen molar-refractivity contribution in [1.29, 1.82) is 0 Å². The molecule has 1 aromatic rings. The van der Waals surface area contributed by atoms with Gasteiger partial charge in [0, 0.05) is 38.4 Å². The highest BCUT2D eigenvalue weighted by Crippen LogP contribution is 2.16. The van der Waals surface area contributed by atoms with Crippen molar-refractivity contribution in [3.05, 3.63) is 23.9 Å². The summed E-state index contributed by atoms with van der Waals surface area (Å²) in [5, 5.41) is 3.07. The fourth-order valence-electron chi connectivity index (χ4n) is 2.82. The minimum absolute atomic E-state index is 0.0119. The highest BCUT2D eigenvalue weighted by molar-refractivity contribution is 5.94. The van der Waals surface area contributed by atoms with E-state index in [9.17, 15) is 4.79 Å². The Morgan fingerprint density at radius 1 is 1.48 bits per heavy atom. The van der Waals surface area contributed by atoms with Gasteiger partial charge in [-0.1, -0.05) is 13.3 Å². The lowest BCUT2D eigenvalue weighted by atomic mass is 10.0. The van der Waals surface area contributed by atoms with Gasteiger partial charge in [0.25, 0.3) is 5.91 Å². The van der Waals surface area contributed by atoms with Crippen LogP contribution in [0.5, 0.6) is 0 Å². The van der Waals surface area contributed by atoms with Crippen LogP contribution in [0.15, 0.2) is 18.3 Å². The summed E-state index contributed by atoms with van der Waals surface area (Å²) in [5.41, 5.74) is 0.674. The van der Waals surface area contributed by atoms with Crippen molar-refractivity contribution in [3.8, 4) is 0 Å². The molecular formula is C16H26N4O. The molecule has 1 atom stereocenters. The molecule has 0 aromatic carbocycles. The topological polar surface area (TPSA) is 48.5 Å². The van der Waals surface area contributed by atoms with Crippen LogP contribution in [0.2, 0.25) is 0 Å². The van der Waals surface area contributed by atoms with Crippen LogP contribution in [-0.2, 0) is 0 Å². The van der Waals surface area contributed by atoms with Crippen molar-refractivity contribution >= 4 is 11.7 Å². The average Bonchev–Trinajstić information content (AvgIpc) is 2.52. The number of rotatable bonds is 5. The van der Waals surface area contributed by atoms with Crippen molar-refractivity contribution in [2.45, 2.75) is 32.2 Å². The molecule has 5 heteroatoms. The maximum Gasteiger partial charge on any atom is 0.251 e. The maximum absolute atomic E-state index is 12.3. The zero-order chi connectivity index (χ0) is 15.2. The Bertz CT molecular complexity index is 475. The third-order valence-electron chi connectivity index (χ3n) is 4.12. The lowest BCUT2D eigenvalue weighted by molar-refractivity contribution is 0.0918. The Morgan fingerprint density at radius 2 is 2.29 bits per heavy atom. The predicted molar refractivity (Wildman–Crippen MR) is 85.8 cm³/mol. The molecule has 0 radical (unpaired) electrons.